The van der Waals surface area contributed by atoms with Crippen LogP contribution in [-0.2, 0) is 0 Å². The van der Waals surface area contributed by atoms with Crippen molar-refractivity contribution in [2.24, 2.45) is 0 Å². The van der Waals surface area contributed by atoms with Gasteiger partial charge >= 0.3 is 0 Å². The van der Waals surface area contributed by atoms with E-state index in [9.17, 15) is 0 Å². The van der Waals surface area contributed by atoms with E-state index in [1.165, 1.54) is 24.9 Å². The maximum atomic E-state index is 5.96. The van der Waals surface area contributed by atoms with Gasteiger partial charge in [0.25, 0.3) is 0 Å². The average Bonchev–Trinajstić information content (AvgIpc) is 2.71. The fraction of sp³-hybridized carbons (Fsp3) is 0.615. The molecule has 1 saturated heterocycles. The summed E-state index contributed by atoms with van der Waals surface area (Å²) in [5.41, 5.74) is 2.39. The standard InChI is InChI=1S/C13H19ClN2/c1-9(2)16-6-4-5-12(16)11-7-10(3)13(14)15-8-11/h7-9,12H,4-6H2,1-3H3/t12-/m1/s1. The molecule has 0 radical (unpaired) electrons. The molecule has 0 aliphatic carbocycles. The number of nitrogens with zero attached hydrogens (tertiary/aromatic N) is 2. The summed E-state index contributed by atoms with van der Waals surface area (Å²) in [6.07, 6.45) is 4.45. The molecule has 1 aromatic heterocycles. The van der Waals surface area contributed by atoms with Crippen molar-refractivity contribution in [2.45, 2.75) is 45.7 Å². The van der Waals surface area contributed by atoms with Crippen LogP contribution in [0.5, 0.6) is 0 Å². The fourth-order valence-corrected chi connectivity index (χ4v) is 2.63. The molecule has 0 bridgehead atoms. The molecule has 16 heavy (non-hydrogen) atoms. The van der Waals surface area contributed by atoms with Crippen LogP contribution < -0.4 is 0 Å². The Labute approximate surface area is 103 Å². The van der Waals surface area contributed by atoms with E-state index in [0.717, 1.165) is 5.56 Å². The van der Waals surface area contributed by atoms with Gasteiger partial charge in [-0.15, -0.1) is 0 Å². The third kappa shape index (κ3) is 2.23. The average molecular weight is 239 g/mol. The van der Waals surface area contributed by atoms with E-state index in [-0.39, 0.29) is 0 Å². The molecule has 0 amide bonds. The Morgan fingerprint density at radius 3 is 2.88 bits per heavy atom. The normalized spacial score (nSPS) is 21.9. The number of rotatable bonds is 2. The van der Waals surface area contributed by atoms with Gasteiger partial charge in [0.2, 0.25) is 0 Å². The number of hydrogen-bond acceptors (Lipinski definition) is 2. The molecule has 3 heteroatoms. The van der Waals surface area contributed by atoms with E-state index in [1.807, 2.05) is 13.1 Å². The summed E-state index contributed by atoms with van der Waals surface area (Å²) in [6.45, 7) is 7.74. The monoisotopic (exact) mass is 238 g/mol. The number of aryl methyl sites for hydroxylation is 1. The van der Waals surface area contributed by atoms with Gasteiger partial charge in [-0.1, -0.05) is 11.6 Å². The van der Waals surface area contributed by atoms with Crippen LogP contribution in [0.4, 0.5) is 0 Å². The van der Waals surface area contributed by atoms with Crippen LogP contribution in [0, 0.1) is 6.92 Å². The molecule has 1 aliphatic rings. The fourth-order valence-electron chi connectivity index (χ4n) is 2.53. The Morgan fingerprint density at radius 2 is 2.25 bits per heavy atom. The Hall–Kier alpha value is -0.600. The number of pyridine rings is 1. The third-order valence-corrected chi connectivity index (χ3v) is 3.77. The van der Waals surface area contributed by atoms with Crippen LogP contribution in [0.2, 0.25) is 5.15 Å². The summed E-state index contributed by atoms with van der Waals surface area (Å²) < 4.78 is 0. The minimum Gasteiger partial charge on any atom is -0.294 e. The minimum absolute atomic E-state index is 0.531. The highest BCUT2D eigenvalue weighted by atomic mass is 35.5. The van der Waals surface area contributed by atoms with Crippen LogP contribution in [-0.4, -0.2) is 22.5 Å². The van der Waals surface area contributed by atoms with Crippen molar-refractivity contribution in [3.63, 3.8) is 0 Å². The molecule has 1 atom stereocenters. The molecule has 2 nitrogen and oxygen atoms in total. The topological polar surface area (TPSA) is 16.1 Å². The third-order valence-electron chi connectivity index (χ3n) is 3.38. The first-order valence-corrected chi connectivity index (χ1v) is 6.35. The van der Waals surface area contributed by atoms with Gasteiger partial charge in [-0.25, -0.2) is 4.98 Å². The highest BCUT2D eigenvalue weighted by Crippen LogP contribution is 2.33. The lowest BCUT2D eigenvalue weighted by Gasteiger charge is -2.28. The van der Waals surface area contributed by atoms with Crippen LogP contribution in [0.25, 0.3) is 0 Å². The Kier molecular flexibility index (Phi) is 3.50. The van der Waals surface area contributed by atoms with Crippen molar-refractivity contribution in [2.75, 3.05) is 6.54 Å². The maximum Gasteiger partial charge on any atom is 0.131 e. The molecule has 88 valence electrons. The SMILES string of the molecule is Cc1cc([C@H]2CCCN2C(C)C)cnc1Cl. The molecule has 2 heterocycles. The van der Waals surface area contributed by atoms with Crippen molar-refractivity contribution >= 4 is 11.6 Å². The highest BCUT2D eigenvalue weighted by Gasteiger charge is 2.28. The summed E-state index contributed by atoms with van der Waals surface area (Å²) in [4.78, 5) is 6.80. The second-order valence-corrected chi connectivity index (χ2v) is 5.22. The van der Waals surface area contributed by atoms with E-state index in [2.05, 4.69) is 29.8 Å². The number of aromatic nitrogens is 1. The zero-order valence-corrected chi connectivity index (χ0v) is 11.0. The van der Waals surface area contributed by atoms with Crippen LogP contribution in [0.1, 0.15) is 43.9 Å². The zero-order chi connectivity index (χ0) is 11.7. The summed E-state index contributed by atoms with van der Waals surface area (Å²) in [5, 5.41) is 0.623. The highest BCUT2D eigenvalue weighted by molar-refractivity contribution is 6.30. The van der Waals surface area contributed by atoms with E-state index in [1.54, 1.807) is 0 Å². The molecule has 1 aromatic rings. The van der Waals surface area contributed by atoms with Crippen LogP contribution in [0.3, 0.4) is 0 Å². The first kappa shape index (κ1) is 11.9. The molecule has 0 saturated carbocycles. The van der Waals surface area contributed by atoms with Crippen LogP contribution >= 0.6 is 11.6 Å². The van der Waals surface area contributed by atoms with Gasteiger partial charge in [0.05, 0.1) is 0 Å². The van der Waals surface area contributed by atoms with Crippen molar-refractivity contribution < 1.29 is 0 Å². The van der Waals surface area contributed by atoms with Gasteiger partial charge in [-0.3, -0.25) is 4.90 Å². The van der Waals surface area contributed by atoms with Gasteiger partial charge in [-0.05, 0) is 57.4 Å². The second kappa shape index (κ2) is 4.72. The van der Waals surface area contributed by atoms with Crippen LogP contribution in [0.15, 0.2) is 12.3 Å². The lowest BCUT2D eigenvalue weighted by Crippen LogP contribution is -2.30. The summed E-state index contributed by atoms with van der Waals surface area (Å²) >= 11 is 5.96. The molecule has 0 aromatic carbocycles. The maximum absolute atomic E-state index is 5.96. The van der Waals surface area contributed by atoms with Gasteiger partial charge < -0.3 is 0 Å². The predicted octanol–water partition coefficient (Wildman–Crippen LogP) is 3.59. The lowest BCUT2D eigenvalue weighted by atomic mass is 10.0. The predicted molar refractivity (Wildman–Crippen MR) is 67.8 cm³/mol. The molecular formula is C13H19ClN2. The molecule has 0 unspecified atom stereocenters. The zero-order valence-electron chi connectivity index (χ0n) is 10.2. The molecular weight excluding hydrogens is 220 g/mol. The van der Waals surface area contributed by atoms with Crippen molar-refractivity contribution in [3.8, 4) is 0 Å². The summed E-state index contributed by atoms with van der Waals surface area (Å²) in [6, 6.07) is 3.31. The van der Waals surface area contributed by atoms with Gasteiger partial charge in [0.1, 0.15) is 5.15 Å². The van der Waals surface area contributed by atoms with E-state index in [0.29, 0.717) is 17.2 Å². The number of hydrogen-bond donors (Lipinski definition) is 0. The van der Waals surface area contributed by atoms with E-state index < -0.39 is 0 Å². The van der Waals surface area contributed by atoms with Crippen molar-refractivity contribution in [3.05, 3.63) is 28.5 Å². The van der Waals surface area contributed by atoms with E-state index >= 15 is 0 Å². The summed E-state index contributed by atoms with van der Waals surface area (Å²) in [7, 11) is 0. The largest absolute Gasteiger partial charge is 0.294 e. The smallest absolute Gasteiger partial charge is 0.131 e. The minimum atomic E-state index is 0.531. The molecule has 0 N–H and O–H groups in total. The van der Waals surface area contributed by atoms with Gasteiger partial charge in [-0.2, -0.15) is 0 Å². The van der Waals surface area contributed by atoms with Crippen molar-refractivity contribution in [1.82, 2.24) is 9.88 Å². The first-order valence-electron chi connectivity index (χ1n) is 5.97. The molecule has 0 spiro atoms. The molecule has 1 aliphatic heterocycles. The molecule has 1 fully saturated rings. The Bertz CT molecular complexity index is 376. The Morgan fingerprint density at radius 1 is 1.50 bits per heavy atom. The van der Waals surface area contributed by atoms with E-state index in [4.69, 9.17) is 11.6 Å². The van der Waals surface area contributed by atoms with Crippen molar-refractivity contribution in [1.29, 1.82) is 0 Å². The Balaban J connectivity index is 2.26. The number of likely N-dealkylation sites (tertiary alicyclic amines) is 1. The summed E-state index contributed by atoms with van der Waals surface area (Å²) in [5.74, 6) is 0. The lowest BCUT2D eigenvalue weighted by molar-refractivity contribution is 0.205. The second-order valence-electron chi connectivity index (χ2n) is 4.87. The van der Waals surface area contributed by atoms with Gasteiger partial charge in [0, 0.05) is 18.3 Å². The van der Waals surface area contributed by atoms with Gasteiger partial charge in [0.15, 0.2) is 0 Å². The molecule has 2 rings (SSSR count). The first-order chi connectivity index (χ1) is 7.59. The number of halogens is 1. The quantitative estimate of drug-likeness (QED) is 0.732.